The summed E-state index contributed by atoms with van der Waals surface area (Å²) in [6, 6.07) is 3.51. The standard InChI is InChI=1S/C10H6ClF3N4O/c11-5-1-2-8(15-4-5)16-9(19)6-3-7(18-17-6)10(12,13)14/h1-4H,(H,17,18)(H,15,16,19). The molecule has 0 aliphatic heterocycles. The number of nitrogens with zero attached hydrogens (tertiary/aromatic N) is 2. The fourth-order valence-corrected chi connectivity index (χ4v) is 1.33. The van der Waals surface area contributed by atoms with Gasteiger partial charge in [-0.2, -0.15) is 18.3 Å². The average Bonchev–Trinajstić information content (AvgIpc) is 2.81. The number of aromatic nitrogens is 3. The number of rotatable bonds is 2. The lowest BCUT2D eigenvalue weighted by molar-refractivity contribution is -0.141. The third-order valence-corrected chi connectivity index (χ3v) is 2.31. The zero-order valence-corrected chi connectivity index (χ0v) is 9.88. The molecule has 0 saturated carbocycles. The molecule has 19 heavy (non-hydrogen) atoms. The number of H-pyrrole nitrogens is 1. The first-order chi connectivity index (χ1) is 8.86. The number of pyridine rings is 1. The topological polar surface area (TPSA) is 70.7 Å². The maximum absolute atomic E-state index is 12.3. The molecule has 1 amide bonds. The highest BCUT2D eigenvalue weighted by molar-refractivity contribution is 6.30. The molecule has 2 aromatic rings. The van der Waals surface area contributed by atoms with Crippen LogP contribution in [-0.4, -0.2) is 21.1 Å². The largest absolute Gasteiger partial charge is 0.432 e. The van der Waals surface area contributed by atoms with E-state index in [1.807, 2.05) is 0 Å². The molecule has 2 rings (SSSR count). The number of nitrogens with one attached hydrogen (secondary N) is 2. The van der Waals surface area contributed by atoms with Crippen molar-refractivity contribution in [2.24, 2.45) is 0 Å². The van der Waals surface area contributed by atoms with Gasteiger partial charge in [0.25, 0.3) is 5.91 Å². The number of hydrogen-bond acceptors (Lipinski definition) is 3. The van der Waals surface area contributed by atoms with Crippen LogP contribution in [0.15, 0.2) is 24.4 Å². The van der Waals surface area contributed by atoms with Gasteiger partial charge in [-0.15, -0.1) is 0 Å². The van der Waals surface area contributed by atoms with E-state index >= 15 is 0 Å². The molecule has 0 aliphatic carbocycles. The van der Waals surface area contributed by atoms with E-state index in [2.05, 4.69) is 15.4 Å². The Kier molecular flexibility index (Phi) is 3.43. The molecule has 2 heterocycles. The molecular weight excluding hydrogens is 285 g/mol. The molecule has 2 aromatic heterocycles. The van der Waals surface area contributed by atoms with Gasteiger partial charge in [-0.3, -0.25) is 9.89 Å². The predicted octanol–water partition coefficient (Wildman–Crippen LogP) is 2.73. The minimum atomic E-state index is -4.58. The van der Waals surface area contributed by atoms with Gasteiger partial charge >= 0.3 is 6.18 Å². The van der Waals surface area contributed by atoms with E-state index in [9.17, 15) is 18.0 Å². The number of anilines is 1. The second-order valence-electron chi connectivity index (χ2n) is 3.48. The number of alkyl halides is 3. The van der Waals surface area contributed by atoms with Crippen LogP contribution in [0.2, 0.25) is 5.02 Å². The molecule has 2 N–H and O–H groups in total. The smallest absolute Gasteiger partial charge is 0.305 e. The first-order valence-electron chi connectivity index (χ1n) is 4.92. The minimum absolute atomic E-state index is 0.158. The lowest BCUT2D eigenvalue weighted by Gasteiger charge is -2.01. The molecule has 0 fully saturated rings. The number of carbonyl (C=O) groups excluding carboxylic acids is 1. The van der Waals surface area contributed by atoms with Crippen LogP contribution in [0.3, 0.4) is 0 Å². The van der Waals surface area contributed by atoms with Crippen LogP contribution in [0.5, 0.6) is 0 Å². The Bertz CT molecular complexity index is 594. The molecule has 0 aliphatic rings. The van der Waals surface area contributed by atoms with Crippen molar-refractivity contribution in [3.63, 3.8) is 0 Å². The third kappa shape index (κ3) is 3.22. The van der Waals surface area contributed by atoms with Crippen molar-refractivity contribution < 1.29 is 18.0 Å². The van der Waals surface area contributed by atoms with E-state index in [0.29, 0.717) is 11.1 Å². The van der Waals surface area contributed by atoms with Gasteiger partial charge < -0.3 is 5.32 Å². The van der Waals surface area contributed by atoms with Gasteiger partial charge in [0.05, 0.1) is 5.02 Å². The maximum atomic E-state index is 12.3. The van der Waals surface area contributed by atoms with Crippen LogP contribution in [0.1, 0.15) is 16.2 Å². The quantitative estimate of drug-likeness (QED) is 0.893. The van der Waals surface area contributed by atoms with Gasteiger partial charge in [0.15, 0.2) is 5.69 Å². The van der Waals surface area contributed by atoms with Crippen LogP contribution in [0, 0.1) is 0 Å². The molecular formula is C10H6ClF3N4O. The van der Waals surface area contributed by atoms with E-state index in [-0.39, 0.29) is 11.5 Å². The molecule has 5 nitrogen and oxygen atoms in total. The summed E-state index contributed by atoms with van der Waals surface area (Å²) in [6.45, 7) is 0. The minimum Gasteiger partial charge on any atom is -0.305 e. The summed E-state index contributed by atoms with van der Waals surface area (Å²) < 4.78 is 36.9. The van der Waals surface area contributed by atoms with Crippen LogP contribution < -0.4 is 5.32 Å². The second kappa shape index (κ2) is 4.88. The van der Waals surface area contributed by atoms with Crippen molar-refractivity contribution >= 4 is 23.3 Å². The zero-order chi connectivity index (χ0) is 14.0. The summed E-state index contributed by atoms with van der Waals surface area (Å²) in [5.74, 6) is -0.646. The Labute approximate surface area is 109 Å². The van der Waals surface area contributed by atoms with Gasteiger partial charge in [0, 0.05) is 12.3 Å². The van der Waals surface area contributed by atoms with Gasteiger partial charge in [-0.1, -0.05) is 11.6 Å². The van der Waals surface area contributed by atoms with Gasteiger partial charge in [0.1, 0.15) is 11.5 Å². The van der Waals surface area contributed by atoms with E-state index < -0.39 is 17.8 Å². The molecule has 0 bridgehead atoms. The number of halogens is 4. The van der Waals surface area contributed by atoms with Crippen molar-refractivity contribution in [2.75, 3.05) is 5.32 Å². The molecule has 9 heteroatoms. The summed E-state index contributed by atoms with van der Waals surface area (Å²) in [4.78, 5) is 15.4. The van der Waals surface area contributed by atoms with E-state index in [4.69, 9.17) is 11.6 Å². The van der Waals surface area contributed by atoms with E-state index in [1.165, 1.54) is 18.3 Å². The molecule has 0 saturated heterocycles. The lowest BCUT2D eigenvalue weighted by atomic mass is 10.3. The Balaban J connectivity index is 2.12. The summed E-state index contributed by atoms with van der Waals surface area (Å²) in [6.07, 6.45) is -3.28. The summed E-state index contributed by atoms with van der Waals surface area (Å²) >= 11 is 5.60. The van der Waals surface area contributed by atoms with E-state index in [0.717, 1.165) is 0 Å². The maximum Gasteiger partial charge on any atom is 0.432 e. The number of aromatic amines is 1. The van der Waals surface area contributed by atoms with E-state index in [1.54, 1.807) is 5.10 Å². The van der Waals surface area contributed by atoms with Crippen LogP contribution in [0.4, 0.5) is 19.0 Å². The number of amides is 1. The number of hydrogen-bond donors (Lipinski definition) is 2. The fourth-order valence-electron chi connectivity index (χ4n) is 1.21. The first kappa shape index (κ1) is 13.3. The van der Waals surface area contributed by atoms with Gasteiger partial charge in [0.2, 0.25) is 0 Å². The first-order valence-corrected chi connectivity index (χ1v) is 5.29. The van der Waals surface area contributed by atoms with Crippen molar-refractivity contribution in [1.82, 2.24) is 15.2 Å². The Morgan fingerprint density at radius 2 is 2.11 bits per heavy atom. The highest BCUT2D eigenvalue weighted by Crippen LogP contribution is 2.27. The number of carbonyl (C=O) groups is 1. The molecule has 0 aromatic carbocycles. The monoisotopic (exact) mass is 290 g/mol. The predicted molar refractivity (Wildman–Crippen MR) is 60.8 cm³/mol. The lowest BCUT2D eigenvalue weighted by Crippen LogP contribution is -2.13. The van der Waals surface area contributed by atoms with Crippen molar-refractivity contribution in [3.8, 4) is 0 Å². The van der Waals surface area contributed by atoms with Gasteiger partial charge in [-0.25, -0.2) is 4.98 Å². The average molecular weight is 291 g/mol. The zero-order valence-electron chi connectivity index (χ0n) is 9.12. The fraction of sp³-hybridized carbons (Fsp3) is 0.100. The Hall–Kier alpha value is -2.09. The Morgan fingerprint density at radius 3 is 2.63 bits per heavy atom. The van der Waals surface area contributed by atoms with Crippen LogP contribution in [-0.2, 0) is 6.18 Å². The molecule has 0 radical (unpaired) electrons. The summed E-state index contributed by atoms with van der Waals surface area (Å²) in [5.41, 5.74) is -1.48. The van der Waals surface area contributed by atoms with Crippen LogP contribution in [0.25, 0.3) is 0 Å². The highest BCUT2D eigenvalue weighted by Gasteiger charge is 2.33. The normalized spacial score (nSPS) is 11.4. The van der Waals surface area contributed by atoms with Crippen molar-refractivity contribution in [3.05, 3.63) is 40.8 Å². The molecule has 0 atom stereocenters. The third-order valence-electron chi connectivity index (χ3n) is 2.08. The SMILES string of the molecule is O=C(Nc1ccc(Cl)cn1)c1cc(C(F)(F)F)[nH]n1. The summed E-state index contributed by atoms with van der Waals surface area (Å²) in [5, 5.41) is 7.69. The van der Waals surface area contributed by atoms with Crippen LogP contribution >= 0.6 is 11.6 Å². The second-order valence-corrected chi connectivity index (χ2v) is 3.92. The molecule has 100 valence electrons. The van der Waals surface area contributed by atoms with Gasteiger partial charge in [-0.05, 0) is 12.1 Å². The Morgan fingerprint density at radius 1 is 1.37 bits per heavy atom. The summed E-state index contributed by atoms with van der Waals surface area (Å²) in [7, 11) is 0. The highest BCUT2D eigenvalue weighted by atomic mass is 35.5. The van der Waals surface area contributed by atoms with Crippen molar-refractivity contribution in [2.45, 2.75) is 6.18 Å². The van der Waals surface area contributed by atoms with Crippen molar-refractivity contribution in [1.29, 1.82) is 0 Å². The molecule has 0 spiro atoms. The molecule has 0 unspecified atom stereocenters.